The molecule has 1 saturated heterocycles. The summed E-state index contributed by atoms with van der Waals surface area (Å²) in [7, 11) is 1.65. The van der Waals surface area contributed by atoms with E-state index in [9.17, 15) is 4.79 Å². The van der Waals surface area contributed by atoms with Crippen LogP contribution in [0.3, 0.4) is 0 Å². The van der Waals surface area contributed by atoms with Gasteiger partial charge in [-0.15, -0.1) is 0 Å². The quantitative estimate of drug-likeness (QED) is 0.922. The molecule has 0 radical (unpaired) electrons. The summed E-state index contributed by atoms with van der Waals surface area (Å²) in [4.78, 5) is 13.5. The molecule has 0 aliphatic carbocycles. The molecular weight excluding hydrogens is 308 g/mol. The maximum Gasteiger partial charge on any atom is 0.221 e. The van der Waals surface area contributed by atoms with E-state index in [0.29, 0.717) is 0 Å². The summed E-state index contributed by atoms with van der Waals surface area (Å²) in [6.45, 7) is 2.62. The van der Waals surface area contributed by atoms with E-state index in [-0.39, 0.29) is 11.8 Å². The van der Waals surface area contributed by atoms with Crippen molar-refractivity contribution in [1.29, 1.82) is 0 Å². The lowest BCUT2D eigenvalue weighted by molar-refractivity contribution is -0.123. The topological polar surface area (TPSA) is 55.6 Å². The van der Waals surface area contributed by atoms with E-state index < -0.39 is 0 Å². The van der Waals surface area contributed by atoms with Crippen molar-refractivity contribution in [2.75, 3.05) is 20.2 Å². The summed E-state index contributed by atoms with van der Waals surface area (Å²) in [5.41, 5.74) is 6.60. The summed E-state index contributed by atoms with van der Waals surface area (Å²) >= 11 is 3.49. The Morgan fingerprint density at radius 3 is 3.00 bits per heavy atom. The highest BCUT2D eigenvalue weighted by molar-refractivity contribution is 9.10. The summed E-state index contributed by atoms with van der Waals surface area (Å²) in [6.07, 6.45) is 1.95. The maximum absolute atomic E-state index is 11.3. The Morgan fingerprint density at radius 2 is 2.37 bits per heavy atom. The minimum absolute atomic E-state index is 0.00422. The highest BCUT2D eigenvalue weighted by atomic mass is 79.9. The SMILES string of the molecule is COc1ccc(CN2CCCC(C(N)=O)C2)cc1Br. The fourth-order valence-electron chi connectivity index (χ4n) is 2.50. The van der Waals surface area contributed by atoms with Crippen LogP contribution in [0.15, 0.2) is 22.7 Å². The molecule has 104 valence electrons. The molecule has 0 saturated carbocycles. The standard InChI is InChI=1S/C14H19BrN2O2/c1-19-13-5-4-10(7-12(13)15)8-17-6-2-3-11(9-17)14(16)18/h4-5,7,11H,2-3,6,8-9H2,1H3,(H2,16,18). The summed E-state index contributed by atoms with van der Waals surface area (Å²) < 4.78 is 6.17. The average Bonchev–Trinajstić information content (AvgIpc) is 2.39. The third kappa shape index (κ3) is 3.70. The van der Waals surface area contributed by atoms with Gasteiger partial charge in [0.25, 0.3) is 0 Å². The zero-order chi connectivity index (χ0) is 13.8. The van der Waals surface area contributed by atoms with Crippen molar-refractivity contribution in [2.24, 2.45) is 11.7 Å². The van der Waals surface area contributed by atoms with Gasteiger partial charge in [0.05, 0.1) is 17.5 Å². The maximum atomic E-state index is 11.3. The number of benzene rings is 1. The van der Waals surface area contributed by atoms with Crippen LogP contribution in [0.1, 0.15) is 18.4 Å². The van der Waals surface area contributed by atoms with Gasteiger partial charge in [-0.1, -0.05) is 6.07 Å². The smallest absolute Gasteiger partial charge is 0.221 e. The largest absolute Gasteiger partial charge is 0.496 e. The molecule has 2 N–H and O–H groups in total. The minimum atomic E-state index is -0.180. The number of hydrogen-bond donors (Lipinski definition) is 1. The van der Waals surface area contributed by atoms with Crippen molar-refractivity contribution >= 4 is 21.8 Å². The van der Waals surface area contributed by atoms with Gasteiger partial charge in [0, 0.05) is 13.1 Å². The number of amides is 1. The molecule has 5 heteroatoms. The van der Waals surface area contributed by atoms with Gasteiger partial charge < -0.3 is 10.5 Å². The van der Waals surface area contributed by atoms with Crippen molar-refractivity contribution in [2.45, 2.75) is 19.4 Å². The van der Waals surface area contributed by atoms with Crippen LogP contribution in [-0.4, -0.2) is 31.0 Å². The second-order valence-corrected chi connectivity index (χ2v) is 5.80. The molecule has 19 heavy (non-hydrogen) atoms. The van der Waals surface area contributed by atoms with Crippen molar-refractivity contribution in [3.05, 3.63) is 28.2 Å². The second kappa shape index (κ2) is 6.39. The normalized spacial score (nSPS) is 20.2. The van der Waals surface area contributed by atoms with Crippen LogP contribution < -0.4 is 10.5 Å². The lowest BCUT2D eigenvalue weighted by Crippen LogP contribution is -2.40. The number of methoxy groups -OCH3 is 1. The Hall–Kier alpha value is -1.07. The molecule has 0 aromatic heterocycles. The molecule has 1 aliphatic heterocycles. The Balaban J connectivity index is 2.00. The van der Waals surface area contributed by atoms with Crippen LogP contribution in [0.4, 0.5) is 0 Å². The van der Waals surface area contributed by atoms with Gasteiger partial charge in [-0.05, 0) is 53.0 Å². The zero-order valence-corrected chi connectivity index (χ0v) is 12.6. The van der Waals surface area contributed by atoms with E-state index in [0.717, 1.165) is 42.7 Å². The van der Waals surface area contributed by atoms with Gasteiger partial charge in [-0.2, -0.15) is 0 Å². The van der Waals surface area contributed by atoms with Crippen LogP contribution in [0, 0.1) is 5.92 Å². The third-order valence-corrected chi connectivity index (χ3v) is 4.15. The highest BCUT2D eigenvalue weighted by Gasteiger charge is 2.23. The number of nitrogens with zero attached hydrogens (tertiary/aromatic N) is 1. The number of halogens is 1. The Bertz CT molecular complexity index is 465. The molecule has 0 spiro atoms. The second-order valence-electron chi connectivity index (χ2n) is 4.95. The number of hydrogen-bond acceptors (Lipinski definition) is 3. The van der Waals surface area contributed by atoms with Crippen LogP contribution in [0.25, 0.3) is 0 Å². The predicted octanol–water partition coefficient (Wildman–Crippen LogP) is 2.15. The van der Waals surface area contributed by atoms with Crippen molar-refractivity contribution in [3.8, 4) is 5.75 Å². The van der Waals surface area contributed by atoms with Gasteiger partial charge in [0.2, 0.25) is 5.91 Å². The van der Waals surface area contributed by atoms with Crippen molar-refractivity contribution in [3.63, 3.8) is 0 Å². The number of nitrogens with two attached hydrogens (primary N) is 1. The Morgan fingerprint density at radius 1 is 1.58 bits per heavy atom. The predicted molar refractivity (Wildman–Crippen MR) is 77.9 cm³/mol. The lowest BCUT2D eigenvalue weighted by atomic mass is 9.97. The van der Waals surface area contributed by atoms with Gasteiger partial charge in [-0.3, -0.25) is 9.69 Å². The number of primary amides is 1. The van der Waals surface area contributed by atoms with Gasteiger partial charge in [0.15, 0.2) is 0 Å². The van der Waals surface area contributed by atoms with Gasteiger partial charge in [-0.25, -0.2) is 0 Å². The molecule has 0 bridgehead atoms. The number of ether oxygens (including phenoxy) is 1. The van der Waals surface area contributed by atoms with E-state index in [1.807, 2.05) is 6.07 Å². The summed E-state index contributed by atoms with van der Waals surface area (Å²) in [6, 6.07) is 6.07. The first kappa shape index (κ1) is 14.3. The number of likely N-dealkylation sites (tertiary alicyclic amines) is 1. The zero-order valence-electron chi connectivity index (χ0n) is 11.1. The highest BCUT2D eigenvalue weighted by Crippen LogP contribution is 2.27. The molecule has 1 atom stereocenters. The van der Waals surface area contributed by atoms with E-state index >= 15 is 0 Å². The monoisotopic (exact) mass is 326 g/mol. The van der Waals surface area contributed by atoms with Crippen LogP contribution >= 0.6 is 15.9 Å². The summed E-state index contributed by atoms with van der Waals surface area (Å²) in [5.74, 6) is 0.647. The number of piperidine rings is 1. The van der Waals surface area contributed by atoms with E-state index in [4.69, 9.17) is 10.5 Å². The fourth-order valence-corrected chi connectivity index (χ4v) is 3.09. The average molecular weight is 327 g/mol. The molecule has 1 aromatic carbocycles. The molecule has 1 aliphatic rings. The lowest BCUT2D eigenvalue weighted by Gasteiger charge is -2.31. The molecule has 1 aromatic rings. The van der Waals surface area contributed by atoms with E-state index in [1.165, 1.54) is 5.56 Å². The molecule has 4 nitrogen and oxygen atoms in total. The molecule has 1 unspecified atom stereocenters. The molecule has 1 heterocycles. The van der Waals surface area contributed by atoms with Crippen molar-refractivity contribution in [1.82, 2.24) is 4.90 Å². The first-order valence-electron chi connectivity index (χ1n) is 6.44. The first-order valence-corrected chi connectivity index (χ1v) is 7.23. The van der Waals surface area contributed by atoms with Crippen LogP contribution in [-0.2, 0) is 11.3 Å². The Kier molecular flexibility index (Phi) is 4.82. The fraction of sp³-hybridized carbons (Fsp3) is 0.500. The Labute approximate surface area is 122 Å². The van der Waals surface area contributed by atoms with Crippen LogP contribution in [0.5, 0.6) is 5.75 Å². The first-order chi connectivity index (χ1) is 9.10. The number of carbonyl (C=O) groups is 1. The van der Waals surface area contributed by atoms with Gasteiger partial charge >= 0.3 is 0 Å². The number of carbonyl (C=O) groups excluding carboxylic acids is 1. The number of rotatable bonds is 4. The van der Waals surface area contributed by atoms with Gasteiger partial charge in [0.1, 0.15) is 5.75 Å². The molecular formula is C14H19BrN2O2. The van der Waals surface area contributed by atoms with E-state index in [1.54, 1.807) is 7.11 Å². The summed E-state index contributed by atoms with van der Waals surface area (Å²) in [5, 5.41) is 0. The third-order valence-electron chi connectivity index (χ3n) is 3.53. The van der Waals surface area contributed by atoms with E-state index in [2.05, 4.69) is 33.0 Å². The molecule has 1 amide bonds. The van der Waals surface area contributed by atoms with Crippen molar-refractivity contribution < 1.29 is 9.53 Å². The molecule has 2 rings (SSSR count). The van der Waals surface area contributed by atoms with Crippen LogP contribution in [0.2, 0.25) is 0 Å². The minimum Gasteiger partial charge on any atom is -0.496 e. The molecule has 1 fully saturated rings.